The van der Waals surface area contributed by atoms with Gasteiger partial charge in [-0.3, -0.25) is 4.79 Å². The van der Waals surface area contributed by atoms with Gasteiger partial charge in [0.1, 0.15) is 5.75 Å². The number of aryl methyl sites for hydroxylation is 1. The number of nitrogens with zero attached hydrogens (tertiary/aromatic N) is 3. The number of piperidine rings is 1. The highest BCUT2D eigenvalue weighted by atomic mass is 16.5. The molecule has 0 bridgehead atoms. The molecule has 0 spiro atoms. The van der Waals surface area contributed by atoms with Crippen LogP contribution in [0.25, 0.3) is 0 Å². The minimum Gasteiger partial charge on any atom is -0.494 e. The van der Waals surface area contributed by atoms with Crippen molar-refractivity contribution in [2.24, 2.45) is 11.8 Å². The SMILES string of the molecule is Cc1cc(OCCCC2CCN(c3nc(C(C)C)no3)CC2)ccc1C(=O)CC1CCOCC1. The summed E-state index contributed by atoms with van der Waals surface area (Å²) in [6.07, 6.45) is 7.07. The van der Waals surface area contributed by atoms with Gasteiger partial charge in [-0.1, -0.05) is 19.0 Å². The molecule has 0 amide bonds. The first kappa shape index (κ1) is 24.7. The number of benzene rings is 1. The molecule has 0 unspecified atom stereocenters. The fourth-order valence-electron chi connectivity index (χ4n) is 4.93. The zero-order valence-corrected chi connectivity index (χ0v) is 20.9. The van der Waals surface area contributed by atoms with Crippen LogP contribution in [0.4, 0.5) is 6.01 Å². The van der Waals surface area contributed by atoms with E-state index in [1.165, 1.54) is 0 Å². The molecule has 34 heavy (non-hydrogen) atoms. The Kier molecular flexibility index (Phi) is 8.59. The van der Waals surface area contributed by atoms with Crippen molar-refractivity contribution in [1.82, 2.24) is 10.1 Å². The fraction of sp³-hybridized carbons (Fsp3) is 0.667. The molecule has 2 aliphatic rings. The highest BCUT2D eigenvalue weighted by Crippen LogP contribution is 2.27. The number of aromatic nitrogens is 2. The first-order chi connectivity index (χ1) is 16.5. The Balaban J connectivity index is 1.15. The average molecular weight is 470 g/mol. The Morgan fingerprint density at radius 1 is 1.15 bits per heavy atom. The minimum atomic E-state index is 0.239. The van der Waals surface area contributed by atoms with E-state index in [4.69, 9.17) is 14.0 Å². The number of Topliss-reactive ketones (excluding diaryl/α,β-unsaturated/α-hetero) is 1. The van der Waals surface area contributed by atoms with Crippen molar-refractivity contribution in [3.05, 3.63) is 35.2 Å². The molecule has 0 radical (unpaired) electrons. The molecule has 186 valence electrons. The smallest absolute Gasteiger partial charge is 0.324 e. The number of anilines is 1. The Morgan fingerprint density at radius 2 is 1.91 bits per heavy atom. The van der Waals surface area contributed by atoms with Crippen LogP contribution in [0, 0.1) is 18.8 Å². The third-order valence-electron chi connectivity index (χ3n) is 7.17. The maximum absolute atomic E-state index is 12.7. The Labute approximate surface area is 203 Å². The summed E-state index contributed by atoms with van der Waals surface area (Å²) < 4.78 is 16.8. The summed E-state index contributed by atoms with van der Waals surface area (Å²) in [4.78, 5) is 19.5. The highest BCUT2D eigenvalue weighted by Gasteiger charge is 2.23. The molecular weight excluding hydrogens is 430 g/mol. The first-order valence-corrected chi connectivity index (χ1v) is 12.9. The molecular formula is C27H39N3O4. The van der Waals surface area contributed by atoms with Crippen molar-refractivity contribution in [3.63, 3.8) is 0 Å². The zero-order valence-electron chi connectivity index (χ0n) is 20.9. The van der Waals surface area contributed by atoms with E-state index in [2.05, 4.69) is 28.9 Å². The van der Waals surface area contributed by atoms with Gasteiger partial charge in [-0.25, -0.2) is 0 Å². The summed E-state index contributed by atoms with van der Waals surface area (Å²) >= 11 is 0. The summed E-state index contributed by atoms with van der Waals surface area (Å²) in [6, 6.07) is 6.55. The third-order valence-corrected chi connectivity index (χ3v) is 7.17. The Hall–Kier alpha value is -2.41. The van der Waals surface area contributed by atoms with Crippen LogP contribution >= 0.6 is 0 Å². The second-order valence-corrected chi connectivity index (χ2v) is 10.2. The predicted octanol–water partition coefficient (Wildman–Crippen LogP) is 5.58. The topological polar surface area (TPSA) is 77.7 Å². The number of ether oxygens (including phenoxy) is 2. The maximum atomic E-state index is 12.7. The van der Waals surface area contributed by atoms with Gasteiger partial charge in [-0.05, 0) is 81.0 Å². The van der Waals surface area contributed by atoms with E-state index in [1.807, 2.05) is 25.1 Å². The van der Waals surface area contributed by atoms with E-state index in [0.29, 0.717) is 30.9 Å². The lowest BCUT2D eigenvalue weighted by Crippen LogP contribution is -2.34. The monoisotopic (exact) mass is 469 g/mol. The molecule has 0 N–H and O–H groups in total. The highest BCUT2D eigenvalue weighted by molar-refractivity contribution is 5.97. The maximum Gasteiger partial charge on any atom is 0.324 e. The number of ketones is 1. The van der Waals surface area contributed by atoms with Gasteiger partial charge in [-0.15, -0.1) is 0 Å². The lowest BCUT2D eigenvalue weighted by Gasteiger charge is -2.30. The second kappa shape index (κ2) is 11.8. The lowest BCUT2D eigenvalue weighted by molar-refractivity contribution is 0.0601. The van der Waals surface area contributed by atoms with E-state index in [0.717, 1.165) is 87.5 Å². The number of hydrogen-bond donors (Lipinski definition) is 0. The normalized spacial score (nSPS) is 17.9. The molecule has 0 aliphatic carbocycles. The largest absolute Gasteiger partial charge is 0.494 e. The van der Waals surface area contributed by atoms with Gasteiger partial charge in [0.2, 0.25) is 0 Å². The van der Waals surface area contributed by atoms with Crippen molar-refractivity contribution in [2.45, 2.75) is 71.6 Å². The Bertz CT molecular complexity index is 928. The molecule has 2 aromatic rings. The van der Waals surface area contributed by atoms with Crippen molar-refractivity contribution < 1.29 is 18.8 Å². The van der Waals surface area contributed by atoms with Crippen LogP contribution in [-0.4, -0.2) is 48.8 Å². The van der Waals surface area contributed by atoms with E-state index >= 15 is 0 Å². The molecule has 2 fully saturated rings. The zero-order chi connectivity index (χ0) is 23.9. The standard InChI is InChI=1S/C27H39N3O4/c1-19(2)26-28-27(34-29-26)30-12-8-21(9-13-30)5-4-14-33-23-6-7-24(20(3)17-23)25(31)18-22-10-15-32-16-11-22/h6-7,17,19,21-22H,4-5,8-16,18H2,1-3H3. The van der Waals surface area contributed by atoms with Gasteiger partial charge in [0.25, 0.3) is 0 Å². The molecule has 2 aliphatic heterocycles. The molecule has 7 nitrogen and oxygen atoms in total. The minimum absolute atomic E-state index is 0.239. The Morgan fingerprint density at radius 3 is 2.59 bits per heavy atom. The molecule has 4 rings (SSSR count). The predicted molar refractivity (Wildman–Crippen MR) is 132 cm³/mol. The van der Waals surface area contributed by atoms with Gasteiger partial charge in [0.05, 0.1) is 6.61 Å². The third kappa shape index (κ3) is 6.59. The molecule has 2 saturated heterocycles. The molecule has 0 atom stereocenters. The van der Waals surface area contributed by atoms with Crippen molar-refractivity contribution in [3.8, 4) is 5.75 Å². The van der Waals surface area contributed by atoms with Gasteiger partial charge in [0, 0.05) is 44.2 Å². The molecule has 7 heteroatoms. The van der Waals surface area contributed by atoms with Crippen LogP contribution < -0.4 is 9.64 Å². The second-order valence-electron chi connectivity index (χ2n) is 10.2. The number of carbonyl (C=O) groups excluding carboxylic acids is 1. The van der Waals surface area contributed by atoms with Gasteiger partial charge < -0.3 is 18.9 Å². The van der Waals surface area contributed by atoms with Crippen LogP contribution in [-0.2, 0) is 4.74 Å². The van der Waals surface area contributed by atoms with Gasteiger partial charge in [-0.2, -0.15) is 4.98 Å². The molecule has 1 aromatic heterocycles. The lowest BCUT2D eigenvalue weighted by atomic mass is 9.90. The van der Waals surface area contributed by atoms with Gasteiger partial charge in [0.15, 0.2) is 11.6 Å². The number of hydrogen-bond acceptors (Lipinski definition) is 7. The van der Waals surface area contributed by atoms with Crippen LogP contribution in [0.2, 0.25) is 0 Å². The van der Waals surface area contributed by atoms with E-state index in [-0.39, 0.29) is 11.7 Å². The van der Waals surface area contributed by atoms with Crippen LogP contribution in [0.1, 0.15) is 86.5 Å². The van der Waals surface area contributed by atoms with E-state index in [9.17, 15) is 4.79 Å². The summed E-state index contributed by atoms with van der Waals surface area (Å²) in [6.45, 7) is 10.4. The molecule has 3 heterocycles. The average Bonchev–Trinajstić information content (AvgIpc) is 3.34. The van der Waals surface area contributed by atoms with E-state index in [1.54, 1.807) is 0 Å². The van der Waals surface area contributed by atoms with Crippen molar-refractivity contribution in [2.75, 3.05) is 37.8 Å². The molecule has 1 aromatic carbocycles. The van der Waals surface area contributed by atoms with Crippen molar-refractivity contribution >= 4 is 11.8 Å². The van der Waals surface area contributed by atoms with E-state index < -0.39 is 0 Å². The summed E-state index contributed by atoms with van der Waals surface area (Å²) in [7, 11) is 0. The molecule has 0 saturated carbocycles. The first-order valence-electron chi connectivity index (χ1n) is 12.9. The quantitative estimate of drug-likeness (QED) is 0.332. The fourth-order valence-corrected chi connectivity index (χ4v) is 4.93. The van der Waals surface area contributed by atoms with Crippen LogP contribution in [0.15, 0.2) is 22.7 Å². The summed E-state index contributed by atoms with van der Waals surface area (Å²) in [5, 5.41) is 4.08. The van der Waals surface area contributed by atoms with Crippen LogP contribution in [0.3, 0.4) is 0 Å². The number of carbonyl (C=O) groups is 1. The van der Waals surface area contributed by atoms with Gasteiger partial charge >= 0.3 is 6.01 Å². The van der Waals surface area contributed by atoms with Crippen molar-refractivity contribution in [1.29, 1.82) is 0 Å². The number of rotatable bonds is 10. The summed E-state index contributed by atoms with van der Waals surface area (Å²) in [5.41, 5.74) is 1.83. The van der Waals surface area contributed by atoms with Crippen LogP contribution in [0.5, 0.6) is 5.75 Å². The summed E-state index contributed by atoms with van der Waals surface area (Å²) in [5.74, 6) is 3.32.